The van der Waals surface area contributed by atoms with E-state index in [4.69, 9.17) is 0 Å². The molecule has 0 bridgehead atoms. The molecule has 29 heavy (non-hydrogen) atoms. The summed E-state index contributed by atoms with van der Waals surface area (Å²) in [6.07, 6.45) is 3.89. The number of fused-ring (bicyclic) bond motifs is 1. The lowest BCUT2D eigenvalue weighted by molar-refractivity contribution is -0.384. The highest BCUT2D eigenvalue weighted by atomic mass is 16.6. The predicted molar refractivity (Wildman–Crippen MR) is 107 cm³/mol. The van der Waals surface area contributed by atoms with Gasteiger partial charge in [-0.2, -0.15) is 0 Å². The summed E-state index contributed by atoms with van der Waals surface area (Å²) in [7, 11) is 0. The van der Waals surface area contributed by atoms with Crippen LogP contribution in [-0.2, 0) is 6.42 Å². The van der Waals surface area contributed by atoms with Crippen molar-refractivity contribution in [3.05, 3.63) is 93.8 Å². The van der Waals surface area contributed by atoms with Crippen LogP contribution >= 0.6 is 0 Å². The molecule has 144 valence electrons. The number of hydrogen-bond acceptors (Lipinski definition) is 5. The molecule has 8 heteroatoms. The largest absolute Gasteiger partial charge is 0.322 e. The van der Waals surface area contributed by atoms with E-state index in [0.29, 0.717) is 23.4 Å². The Labute approximate surface area is 166 Å². The first-order valence-electron chi connectivity index (χ1n) is 8.93. The molecule has 2 heterocycles. The fourth-order valence-corrected chi connectivity index (χ4v) is 3.26. The van der Waals surface area contributed by atoms with Crippen molar-refractivity contribution in [3.8, 4) is 0 Å². The summed E-state index contributed by atoms with van der Waals surface area (Å²) in [6, 6.07) is 14.1. The van der Waals surface area contributed by atoms with Crippen molar-refractivity contribution in [2.75, 3.05) is 16.8 Å². The minimum atomic E-state index is -0.517. The van der Waals surface area contributed by atoms with Gasteiger partial charge >= 0.3 is 0 Å². The van der Waals surface area contributed by atoms with E-state index in [1.165, 1.54) is 24.3 Å². The highest BCUT2D eigenvalue weighted by Gasteiger charge is 2.26. The average molecular weight is 388 g/mol. The number of amides is 2. The Hall–Kier alpha value is -4.07. The number of carbonyl (C=O) groups excluding carboxylic acids is 2. The van der Waals surface area contributed by atoms with Gasteiger partial charge in [-0.05, 0) is 48.4 Å². The highest BCUT2D eigenvalue weighted by molar-refractivity contribution is 6.08. The predicted octanol–water partition coefficient (Wildman–Crippen LogP) is 3.45. The molecule has 0 saturated carbocycles. The minimum absolute atomic E-state index is 0.0793. The first-order valence-corrected chi connectivity index (χ1v) is 8.93. The van der Waals surface area contributed by atoms with Crippen molar-refractivity contribution >= 4 is 28.9 Å². The fourth-order valence-electron chi connectivity index (χ4n) is 3.26. The topological polar surface area (TPSA) is 105 Å². The molecular weight excluding hydrogens is 372 g/mol. The molecule has 0 fully saturated rings. The number of carbonyl (C=O) groups is 2. The van der Waals surface area contributed by atoms with E-state index in [2.05, 4.69) is 10.3 Å². The molecule has 2 aromatic carbocycles. The van der Waals surface area contributed by atoms with Crippen LogP contribution in [0.4, 0.5) is 17.1 Å². The van der Waals surface area contributed by atoms with Gasteiger partial charge < -0.3 is 10.2 Å². The zero-order valence-corrected chi connectivity index (χ0v) is 15.2. The molecule has 3 aromatic rings. The molecule has 1 aromatic heterocycles. The Morgan fingerprint density at radius 1 is 1.00 bits per heavy atom. The van der Waals surface area contributed by atoms with Crippen molar-refractivity contribution in [1.29, 1.82) is 0 Å². The number of benzene rings is 2. The molecule has 0 radical (unpaired) electrons. The van der Waals surface area contributed by atoms with Crippen LogP contribution in [0, 0.1) is 10.1 Å². The number of anilines is 2. The van der Waals surface area contributed by atoms with Crippen molar-refractivity contribution < 1.29 is 14.5 Å². The van der Waals surface area contributed by atoms with Crippen LogP contribution in [0.15, 0.2) is 67.0 Å². The summed E-state index contributed by atoms with van der Waals surface area (Å²) in [5, 5.41) is 13.5. The van der Waals surface area contributed by atoms with Gasteiger partial charge in [-0.15, -0.1) is 0 Å². The van der Waals surface area contributed by atoms with Crippen molar-refractivity contribution in [3.63, 3.8) is 0 Å². The van der Waals surface area contributed by atoms with E-state index < -0.39 is 4.92 Å². The van der Waals surface area contributed by atoms with E-state index in [-0.39, 0.29) is 17.5 Å². The molecule has 8 nitrogen and oxygen atoms in total. The first-order chi connectivity index (χ1) is 14.0. The molecule has 2 amide bonds. The number of non-ortho nitro benzene ring substituents is 1. The van der Waals surface area contributed by atoms with Crippen LogP contribution in [0.5, 0.6) is 0 Å². The number of nitrogens with one attached hydrogen (secondary N) is 1. The van der Waals surface area contributed by atoms with Gasteiger partial charge in [0.2, 0.25) is 0 Å². The molecule has 1 aliphatic rings. The summed E-state index contributed by atoms with van der Waals surface area (Å²) in [6.45, 7) is 0.566. The highest BCUT2D eigenvalue weighted by Crippen LogP contribution is 2.32. The van der Waals surface area contributed by atoms with Gasteiger partial charge in [-0.3, -0.25) is 24.7 Å². The quantitative estimate of drug-likeness (QED) is 0.544. The van der Waals surface area contributed by atoms with E-state index in [1.807, 2.05) is 6.07 Å². The maximum atomic E-state index is 12.8. The van der Waals surface area contributed by atoms with Crippen molar-refractivity contribution in [2.45, 2.75) is 6.42 Å². The Balaban J connectivity index is 1.54. The number of nitrogens with zero attached hydrogens (tertiary/aromatic N) is 3. The van der Waals surface area contributed by atoms with Crippen LogP contribution in [0.1, 0.15) is 26.3 Å². The zero-order chi connectivity index (χ0) is 20.4. The smallest absolute Gasteiger partial charge is 0.269 e. The SMILES string of the molecule is O=C(Nc1ccc2c(c1)N(C(=O)c1ccncc1)CC2)c1ccc([N+](=O)[O-])cc1. The Morgan fingerprint density at radius 2 is 1.72 bits per heavy atom. The third kappa shape index (κ3) is 3.68. The summed E-state index contributed by atoms with van der Waals surface area (Å²) < 4.78 is 0. The van der Waals surface area contributed by atoms with Gasteiger partial charge in [0, 0.05) is 53.6 Å². The van der Waals surface area contributed by atoms with Gasteiger partial charge in [0.15, 0.2) is 0 Å². The lowest BCUT2D eigenvalue weighted by atomic mass is 10.1. The number of rotatable bonds is 4. The maximum Gasteiger partial charge on any atom is 0.269 e. The zero-order valence-electron chi connectivity index (χ0n) is 15.2. The van der Waals surface area contributed by atoms with Gasteiger partial charge in [-0.1, -0.05) is 6.07 Å². The fraction of sp³-hybridized carbons (Fsp3) is 0.0952. The maximum absolute atomic E-state index is 12.8. The lowest BCUT2D eigenvalue weighted by Crippen LogP contribution is -2.28. The summed E-state index contributed by atoms with van der Waals surface area (Å²) in [4.78, 5) is 41.1. The van der Waals surface area contributed by atoms with Crippen LogP contribution in [0.3, 0.4) is 0 Å². The molecular formula is C21H16N4O4. The standard InChI is InChI=1S/C21H16N4O4/c26-20(15-2-5-18(6-3-15)25(28)29)23-17-4-1-14-9-12-24(19(14)13-17)21(27)16-7-10-22-11-8-16/h1-8,10-11,13H,9,12H2,(H,23,26). The number of hydrogen-bond donors (Lipinski definition) is 1. The molecule has 4 rings (SSSR count). The number of aromatic nitrogens is 1. The van der Waals surface area contributed by atoms with Crippen molar-refractivity contribution in [1.82, 2.24) is 4.98 Å². The first kappa shape index (κ1) is 18.3. The second-order valence-corrected chi connectivity index (χ2v) is 6.54. The van der Waals surface area contributed by atoms with Gasteiger partial charge in [0.25, 0.3) is 17.5 Å². The second-order valence-electron chi connectivity index (χ2n) is 6.54. The molecule has 1 aliphatic heterocycles. The van der Waals surface area contributed by atoms with Crippen molar-refractivity contribution in [2.24, 2.45) is 0 Å². The Kier molecular flexibility index (Phi) is 4.74. The second kappa shape index (κ2) is 7.51. The van der Waals surface area contributed by atoms with Crippen LogP contribution in [0.25, 0.3) is 0 Å². The summed E-state index contributed by atoms with van der Waals surface area (Å²) in [5.41, 5.74) is 3.11. The molecule has 0 atom stereocenters. The van der Waals surface area contributed by atoms with Crippen LogP contribution in [0.2, 0.25) is 0 Å². The van der Waals surface area contributed by atoms with E-state index in [1.54, 1.807) is 41.6 Å². The molecule has 1 N–H and O–H groups in total. The molecule has 0 unspecified atom stereocenters. The molecule has 0 saturated heterocycles. The minimum Gasteiger partial charge on any atom is -0.322 e. The van der Waals surface area contributed by atoms with E-state index in [9.17, 15) is 19.7 Å². The van der Waals surface area contributed by atoms with Crippen LogP contribution in [-0.4, -0.2) is 28.3 Å². The molecule has 0 spiro atoms. The lowest BCUT2D eigenvalue weighted by Gasteiger charge is -2.18. The number of nitro benzene ring substituents is 1. The third-order valence-electron chi connectivity index (χ3n) is 4.75. The number of pyridine rings is 1. The monoisotopic (exact) mass is 388 g/mol. The van der Waals surface area contributed by atoms with Gasteiger partial charge in [0.1, 0.15) is 0 Å². The third-order valence-corrected chi connectivity index (χ3v) is 4.75. The Bertz CT molecular complexity index is 1100. The van der Waals surface area contributed by atoms with E-state index >= 15 is 0 Å². The normalized spacial score (nSPS) is 12.3. The van der Waals surface area contributed by atoms with Gasteiger partial charge in [0.05, 0.1) is 4.92 Å². The van der Waals surface area contributed by atoms with Gasteiger partial charge in [-0.25, -0.2) is 0 Å². The van der Waals surface area contributed by atoms with E-state index in [0.717, 1.165) is 17.7 Å². The Morgan fingerprint density at radius 3 is 2.41 bits per heavy atom. The average Bonchev–Trinajstić information content (AvgIpc) is 3.17. The molecule has 0 aliphatic carbocycles. The number of nitro groups is 1. The van der Waals surface area contributed by atoms with Crippen LogP contribution < -0.4 is 10.2 Å². The summed E-state index contributed by atoms with van der Waals surface area (Å²) >= 11 is 0. The summed E-state index contributed by atoms with van der Waals surface area (Å²) in [5.74, 6) is -0.505.